The predicted octanol–water partition coefficient (Wildman–Crippen LogP) is 0.424. The number of nitrogens with zero attached hydrogens (tertiary/aromatic N) is 1. The molecule has 0 radical (unpaired) electrons. The summed E-state index contributed by atoms with van der Waals surface area (Å²) in [5.74, 6) is 3.66. The number of hydrogen-bond donors (Lipinski definition) is 1. The van der Waals surface area contributed by atoms with Crippen molar-refractivity contribution in [2.75, 3.05) is 43.6 Å². The molecule has 18 heavy (non-hydrogen) atoms. The van der Waals surface area contributed by atoms with E-state index in [1.807, 2.05) is 28.4 Å². The van der Waals surface area contributed by atoms with E-state index in [9.17, 15) is 4.79 Å². The SMILES string of the molecule is O=C(C1CSCCS1)N1CC(NC2CCOC2)C1. The van der Waals surface area contributed by atoms with E-state index in [4.69, 9.17) is 4.74 Å². The number of likely N-dealkylation sites (tertiary alicyclic amines) is 1. The van der Waals surface area contributed by atoms with Gasteiger partial charge in [-0.25, -0.2) is 0 Å². The fourth-order valence-electron chi connectivity index (χ4n) is 2.60. The molecule has 2 unspecified atom stereocenters. The Morgan fingerprint density at radius 3 is 2.83 bits per heavy atom. The molecule has 3 aliphatic rings. The minimum atomic E-state index is 0.208. The van der Waals surface area contributed by atoms with E-state index in [0.29, 0.717) is 18.0 Å². The van der Waals surface area contributed by atoms with Crippen LogP contribution in [0.5, 0.6) is 0 Å². The Hall–Kier alpha value is 0.0900. The van der Waals surface area contributed by atoms with Crippen molar-refractivity contribution in [1.29, 1.82) is 0 Å². The normalized spacial score (nSPS) is 33.4. The quantitative estimate of drug-likeness (QED) is 0.815. The van der Waals surface area contributed by atoms with Gasteiger partial charge in [-0.1, -0.05) is 0 Å². The maximum atomic E-state index is 12.2. The molecule has 0 aromatic carbocycles. The number of nitrogens with one attached hydrogen (secondary N) is 1. The molecule has 3 rings (SSSR count). The minimum absolute atomic E-state index is 0.208. The Balaban J connectivity index is 1.39. The first kappa shape index (κ1) is 13.1. The average Bonchev–Trinajstić information content (AvgIpc) is 2.86. The Morgan fingerprint density at radius 1 is 1.28 bits per heavy atom. The number of hydrogen-bond acceptors (Lipinski definition) is 5. The van der Waals surface area contributed by atoms with E-state index in [0.717, 1.165) is 44.2 Å². The van der Waals surface area contributed by atoms with E-state index in [1.165, 1.54) is 5.75 Å². The number of rotatable bonds is 3. The van der Waals surface area contributed by atoms with Crippen LogP contribution in [0.2, 0.25) is 0 Å². The van der Waals surface area contributed by atoms with Crippen molar-refractivity contribution < 1.29 is 9.53 Å². The summed E-state index contributed by atoms with van der Waals surface area (Å²) in [6.07, 6.45) is 1.11. The fraction of sp³-hybridized carbons (Fsp3) is 0.917. The molecule has 0 bridgehead atoms. The molecule has 2 atom stereocenters. The van der Waals surface area contributed by atoms with Gasteiger partial charge in [-0.05, 0) is 6.42 Å². The van der Waals surface area contributed by atoms with Crippen LogP contribution in [-0.4, -0.2) is 71.7 Å². The van der Waals surface area contributed by atoms with Crippen molar-refractivity contribution in [3.63, 3.8) is 0 Å². The summed E-state index contributed by atoms with van der Waals surface area (Å²) in [6, 6.07) is 0.994. The first-order chi connectivity index (χ1) is 8.83. The van der Waals surface area contributed by atoms with Crippen LogP contribution < -0.4 is 5.32 Å². The molecule has 0 spiro atoms. The molecule has 102 valence electrons. The molecule has 3 aliphatic heterocycles. The van der Waals surface area contributed by atoms with E-state index in [-0.39, 0.29) is 5.25 Å². The molecule has 1 amide bonds. The summed E-state index contributed by atoms with van der Waals surface area (Å²) >= 11 is 3.74. The van der Waals surface area contributed by atoms with Gasteiger partial charge in [-0.15, -0.1) is 11.8 Å². The molecule has 4 nitrogen and oxygen atoms in total. The molecule has 1 N–H and O–H groups in total. The van der Waals surface area contributed by atoms with Crippen molar-refractivity contribution in [3.05, 3.63) is 0 Å². The molecule has 0 aromatic heterocycles. The van der Waals surface area contributed by atoms with E-state index < -0.39 is 0 Å². The molecule has 0 aliphatic carbocycles. The van der Waals surface area contributed by atoms with Gasteiger partial charge in [0.2, 0.25) is 5.91 Å². The van der Waals surface area contributed by atoms with Crippen molar-refractivity contribution in [1.82, 2.24) is 10.2 Å². The maximum absolute atomic E-state index is 12.2. The van der Waals surface area contributed by atoms with Gasteiger partial charge in [0.05, 0.1) is 11.9 Å². The summed E-state index contributed by atoms with van der Waals surface area (Å²) < 4.78 is 5.35. The Morgan fingerprint density at radius 2 is 2.17 bits per heavy atom. The van der Waals surface area contributed by atoms with Gasteiger partial charge in [0.15, 0.2) is 0 Å². The van der Waals surface area contributed by atoms with Gasteiger partial charge in [-0.2, -0.15) is 11.8 Å². The predicted molar refractivity (Wildman–Crippen MR) is 76.3 cm³/mol. The smallest absolute Gasteiger partial charge is 0.236 e. The number of thioether (sulfide) groups is 2. The third kappa shape index (κ3) is 2.98. The van der Waals surface area contributed by atoms with Gasteiger partial charge in [0, 0.05) is 49.0 Å². The molecular weight excluding hydrogens is 268 g/mol. The number of amides is 1. The highest BCUT2D eigenvalue weighted by molar-refractivity contribution is 8.07. The second kappa shape index (κ2) is 6.03. The summed E-state index contributed by atoms with van der Waals surface area (Å²) in [4.78, 5) is 14.2. The summed E-state index contributed by atoms with van der Waals surface area (Å²) in [6.45, 7) is 3.48. The third-order valence-corrected chi connectivity index (χ3v) is 6.43. The highest BCUT2D eigenvalue weighted by Gasteiger charge is 2.36. The Kier molecular flexibility index (Phi) is 4.38. The van der Waals surface area contributed by atoms with Crippen molar-refractivity contribution in [2.24, 2.45) is 0 Å². The average molecular weight is 288 g/mol. The highest BCUT2D eigenvalue weighted by atomic mass is 32.2. The van der Waals surface area contributed by atoms with E-state index in [1.54, 1.807) is 0 Å². The topological polar surface area (TPSA) is 41.6 Å². The first-order valence-corrected chi connectivity index (χ1v) is 8.85. The lowest BCUT2D eigenvalue weighted by Crippen LogP contribution is -2.63. The Labute approximate surface area is 117 Å². The van der Waals surface area contributed by atoms with Crippen molar-refractivity contribution >= 4 is 29.4 Å². The van der Waals surface area contributed by atoms with Crippen LogP contribution in [0.3, 0.4) is 0 Å². The zero-order chi connectivity index (χ0) is 12.4. The van der Waals surface area contributed by atoms with Gasteiger partial charge < -0.3 is 15.0 Å². The summed E-state index contributed by atoms with van der Waals surface area (Å²) in [5.41, 5.74) is 0. The molecule has 0 saturated carbocycles. The minimum Gasteiger partial charge on any atom is -0.380 e. The summed E-state index contributed by atoms with van der Waals surface area (Å²) in [7, 11) is 0. The van der Waals surface area contributed by atoms with Gasteiger partial charge >= 0.3 is 0 Å². The number of carbonyl (C=O) groups is 1. The van der Waals surface area contributed by atoms with Crippen molar-refractivity contribution in [3.8, 4) is 0 Å². The largest absolute Gasteiger partial charge is 0.380 e. The Bertz CT molecular complexity index is 298. The van der Waals surface area contributed by atoms with Gasteiger partial charge in [0.25, 0.3) is 0 Å². The molecule has 0 aromatic rings. The molecule has 3 fully saturated rings. The van der Waals surface area contributed by atoms with Crippen LogP contribution in [0.25, 0.3) is 0 Å². The molecule has 3 saturated heterocycles. The number of ether oxygens (including phenoxy) is 1. The molecule has 3 heterocycles. The second-order valence-electron chi connectivity index (χ2n) is 5.10. The molecular formula is C12H20N2O2S2. The maximum Gasteiger partial charge on any atom is 0.236 e. The zero-order valence-electron chi connectivity index (χ0n) is 10.5. The third-order valence-electron chi connectivity index (χ3n) is 3.69. The van der Waals surface area contributed by atoms with E-state index in [2.05, 4.69) is 5.32 Å². The monoisotopic (exact) mass is 288 g/mol. The zero-order valence-corrected chi connectivity index (χ0v) is 12.1. The van der Waals surface area contributed by atoms with Crippen molar-refractivity contribution in [2.45, 2.75) is 23.8 Å². The van der Waals surface area contributed by atoms with Gasteiger partial charge in [0.1, 0.15) is 0 Å². The van der Waals surface area contributed by atoms with Crippen LogP contribution in [0.15, 0.2) is 0 Å². The standard InChI is InChI=1S/C12H20N2O2S2/c15-12(11-8-17-3-4-18-11)14-5-10(6-14)13-9-1-2-16-7-9/h9-11,13H,1-8H2. The fourth-order valence-corrected chi connectivity index (χ4v) is 5.23. The lowest BCUT2D eigenvalue weighted by molar-refractivity contribution is -0.135. The lowest BCUT2D eigenvalue weighted by atomic mass is 10.1. The highest BCUT2D eigenvalue weighted by Crippen LogP contribution is 2.27. The van der Waals surface area contributed by atoms with Crippen LogP contribution in [0, 0.1) is 0 Å². The van der Waals surface area contributed by atoms with E-state index >= 15 is 0 Å². The van der Waals surface area contributed by atoms with Gasteiger partial charge in [-0.3, -0.25) is 4.79 Å². The van der Waals surface area contributed by atoms with Crippen LogP contribution >= 0.6 is 23.5 Å². The first-order valence-electron chi connectivity index (χ1n) is 6.65. The van der Waals surface area contributed by atoms with Crippen LogP contribution in [-0.2, 0) is 9.53 Å². The van der Waals surface area contributed by atoms with Crippen LogP contribution in [0.4, 0.5) is 0 Å². The summed E-state index contributed by atoms with van der Waals surface area (Å²) in [5, 5.41) is 3.78. The second-order valence-corrected chi connectivity index (χ2v) is 7.56. The number of carbonyl (C=O) groups excluding carboxylic acids is 1. The van der Waals surface area contributed by atoms with Crippen LogP contribution in [0.1, 0.15) is 6.42 Å². The lowest BCUT2D eigenvalue weighted by Gasteiger charge is -2.42. The molecule has 6 heteroatoms.